The fourth-order valence-corrected chi connectivity index (χ4v) is 3.55. The van der Waals surface area contributed by atoms with Crippen LogP contribution in [0.1, 0.15) is 33.2 Å². The maximum atomic E-state index is 12.8. The van der Waals surface area contributed by atoms with Gasteiger partial charge in [-0.25, -0.2) is 10.2 Å². The molecular formula is C31H26N4O6. The lowest BCUT2D eigenvalue weighted by Crippen LogP contribution is -2.33. The van der Waals surface area contributed by atoms with Crippen LogP contribution in [0.4, 0.5) is 11.4 Å². The summed E-state index contributed by atoms with van der Waals surface area (Å²) in [5, 5.41) is 8.98. The molecule has 10 nitrogen and oxygen atoms in total. The third-order valence-corrected chi connectivity index (χ3v) is 5.53. The van der Waals surface area contributed by atoms with E-state index in [1.54, 1.807) is 91.0 Å². The zero-order valence-electron chi connectivity index (χ0n) is 22.0. The minimum absolute atomic E-state index is 0.153. The van der Waals surface area contributed by atoms with Crippen molar-refractivity contribution in [1.82, 2.24) is 5.43 Å². The molecule has 0 saturated carbocycles. The molecule has 0 radical (unpaired) electrons. The van der Waals surface area contributed by atoms with Crippen molar-refractivity contribution in [2.45, 2.75) is 6.92 Å². The molecular weight excluding hydrogens is 524 g/mol. The van der Waals surface area contributed by atoms with Gasteiger partial charge in [-0.2, -0.15) is 5.10 Å². The van der Waals surface area contributed by atoms with E-state index < -0.39 is 23.7 Å². The van der Waals surface area contributed by atoms with Crippen LogP contribution < -0.4 is 25.5 Å². The number of hydrazone groups is 1. The zero-order chi connectivity index (χ0) is 29.0. The molecule has 0 aromatic heterocycles. The first-order valence-electron chi connectivity index (χ1n) is 12.6. The van der Waals surface area contributed by atoms with E-state index in [1.807, 2.05) is 6.92 Å². The Kier molecular flexibility index (Phi) is 9.54. The predicted molar refractivity (Wildman–Crippen MR) is 154 cm³/mol. The number of carbonyl (C=O) groups is 4. The highest BCUT2D eigenvalue weighted by atomic mass is 16.5. The summed E-state index contributed by atoms with van der Waals surface area (Å²) in [5.74, 6) is -1.98. The Morgan fingerprint density at radius 3 is 2.10 bits per heavy atom. The smallest absolute Gasteiger partial charge is 0.343 e. The van der Waals surface area contributed by atoms with Crippen molar-refractivity contribution in [1.29, 1.82) is 0 Å². The Labute approximate surface area is 236 Å². The second kappa shape index (κ2) is 13.9. The predicted octanol–water partition coefficient (Wildman–Crippen LogP) is 4.65. The molecule has 206 valence electrons. The molecule has 41 heavy (non-hydrogen) atoms. The van der Waals surface area contributed by atoms with Gasteiger partial charge in [-0.1, -0.05) is 30.3 Å². The van der Waals surface area contributed by atoms with Crippen LogP contribution in [0.25, 0.3) is 0 Å². The number of rotatable bonds is 9. The molecule has 0 aliphatic rings. The first-order valence-corrected chi connectivity index (χ1v) is 12.6. The summed E-state index contributed by atoms with van der Waals surface area (Å²) < 4.78 is 10.7. The van der Waals surface area contributed by atoms with Gasteiger partial charge >= 0.3 is 17.8 Å². The van der Waals surface area contributed by atoms with E-state index >= 15 is 0 Å². The molecule has 0 bridgehead atoms. The van der Waals surface area contributed by atoms with Gasteiger partial charge in [0.05, 0.1) is 29.6 Å². The van der Waals surface area contributed by atoms with E-state index in [2.05, 4.69) is 21.2 Å². The SMILES string of the molecule is CCOc1ccc(NC(=O)c2ccccc2NC(=O)C(=O)NN=Cc2ccc(OC(=O)c3ccccc3)cc2)cc1. The van der Waals surface area contributed by atoms with Crippen LogP contribution in [0, 0.1) is 0 Å². The normalized spacial score (nSPS) is 10.5. The third-order valence-electron chi connectivity index (χ3n) is 5.53. The van der Waals surface area contributed by atoms with Crippen LogP contribution in [0.2, 0.25) is 0 Å². The highest BCUT2D eigenvalue weighted by Crippen LogP contribution is 2.20. The number of nitrogens with one attached hydrogen (secondary N) is 3. The number of esters is 1. The quantitative estimate of drug-likeness (QED) is 0.0913. The van der Waals surface area contributed by atoms with Crippen LogP contribution in [0.3, 0.4) is 0 Å². The largest absolute Gasteiger partial charge is 0.494 e. The molecule has 4 aromatic rings. The molecule has 4 aromatic carbocycles. The number of amides is 3. The molecule has 0 aliphatic heterocycles. The van der Waals surface area contributed by atoms with Crippen LogP contribution in [-0.2, 0) is 9.59 Å². The third kappa shape index (κ3) is 8.11. The van der Waals surface area contributed by atoms with Gasteiger partial charge < -0.3 is 20.1 Å². The zero-order valence-corrected chi connectivity index (χ0v) is 22.0. The number of para-hydroxylation sites is 1. The molecule has 0 fully saturated rings. The second-order valence-corrected chi connectivity index (χ2v) is 8.43. The van der Waals surface area contributed by atoms with Gasteiger partial charge in [-0.15, -0.1) is 0 Å². The first kappa shape index (κ1) is 28.2. The summed E-state index contributed by atoms with van der Waals surface area (Å²) in [6, 6.07) is 28.1. The highest BCUT2D eigenvalue weighted by Gasteiger charge is 2.18. The number of nitrogens with zero attached hydrogens (tertiary/aromatic N) is 1. The molecule has 0 heterocycles. The van der Waals surface area contributed by atoms with Crippen molar-refractivity contribution in [3.8, 4) is 11.5 Å². The van der Waals surface area contributed by atoms with Crippen LogP contribution in [0.15, 0.2) is 108 Å². The number of anilines is 2. The molecule has 4 rings (SSSR count). The second-order valence-electron chi connectivity index (χ2n) is 8.43. The average molecular weight is 551 g/mol. The van der Waals surface area contributed by atoms with E-state index in [-0.39, 0.29) is 11.3 Å². The van der Waals surface area contributed by atoms with Gasteiger partial charge in [0, 0.05) is 5.69 Å². The summed E-state index contributed by atoms with van der Waals surface area (Å²) in [7, 11) is 0. The number of hydrogen-bond acceptors (Lipinski definition) is 7. The molecule has 0 aliphatic carbocycles. The van der Waals surface area contributed by atoms with Crippen molar-refractivity contribution in [3.05, 3.63) is 120 Å². The van der Waals surface area contributed by atoms with Gasteiger partial charge in [0.2, 0.25) is 0 Å². The van der Waals surface area contributed by atoms with Crippen LogP contribution in [0.5, 0.6) is 11.5 Å². The summed E-state index contributed by atoms with van der Waals surface area (Å²) in [6.07, 6.45) is 1.33. The monoisotopic (exact) mass is 550 g/mol. The fourth-order valence-electron chi connectivity index (χ4n) is 3.55. The Balaban J connectivity index is 1.30. The average Bonchev–Trinajstić information content (AvgIpc) is 2.99. The van der Waals surface area contributed by atoms with E-state index in [0.717, 1.165) is 0 Å². The van der Waals surface area contributed by atoms with E-state index in [0.29, 0.717) is 34.9 Å². The van der Waals surface area contributed by atoms with Gasteiger partial charge in [-0.3, -0.25) is 14.4 Å². The van der Waals surface area contributed by atoms with E-state index in [1.165, 1.54) is 18.3 Å². The minimum Gasteiger partial charge on any atom is -0.494 e. The van der Waals surface area contributed by atoms with Gasteiger partial charge in [-0.05, 0) is 85.3 Å². The molecule has 3 N–H and O–H groups in total. The molecule has 0 unspecified atom stereocenters. The van der Waals surface area contributed by atoms with Gasteiger partial charge in [0.15, 0.2) is 0 Å². The lowest BCUT2D eigenvalue weighted by molar-refractivity contribution is -0.136. The van der Waals surface area contributed by atoms with Gasteiger partial charge in [0.1, 0.15) is 11.5 Å². The molecule has 3 amide bonds. The summed E-state index contributed by atoms with van der Waals surface area (Å²) in [5.41, 5.74) is 4.01. The maximum absolute atomic E-state index is 12.8. The van der Waals surface area contributed by atoms with Crippen LogP contribution in [-0.4, -0.2) is 36.5 Å². The topological polar surface area (TPSA) is 135 Å². The molecule has 0 atom stereocenters. The van der Waals surface area contributed by atoms with Crippen molar-refractivity contribution < 1.29 is 28.7 Å². The fraction of sp³-hybridized carbons (Fsp3) is 0.0645. The van der Waals surface area contributed by atoms with Crippen molar-refractivity contribution in [2.75, 3.05) is 17.2 Å². The summed E-state index contributed by atoms with van der Waals surface area (Å²) in [6.45, 7) is 2.40. The van der Waals surface area contributed by atoms with Crippen LogP contribution >= 0.6 is 0 Å². The first-order chi connectivity index (χ1) is 19.9. The summed E-state index contributed by atoms with van der Waals surface area (Å²) >= 11 is 0. The number of carbonyl (C=O) groups excluding carboxylic acids is 4. The van der Waals surface area contributed by atoms with E-state index in [9.17, 15) is 19.2 Å². The lowest BCUT2D eigenvalue weighted by atomic mass is 10.1. The molecule has 0 spiro atoms. The minimum atomic E-state index is -1.03. The van der Waals surface area contributed by atoms with Crippen molar-refractivity contribution in [2.24, 2.45) is 5.10 Å². The lowest BCUT2D eigenvalue weighted by Gasteiger charge is -2.11. The Bertz CT molecular complexity index is 1550. The molecule has 10 heteroatoms. The Morgan fingerprint density at radius 1 is 0.732 bits per heavy atom. The Hall–Kier alpha value is -5.77. The summed E-state index contributed by atoms with van der Waals surface area (Å²) in [4.78, 5) is 49.7. The Morgan fingerprint density at radius 2 is 1.39 bits per heavy atom. The van der Waals surface area contributed by atoms with Crippen molar-refractivity contribution >= 4 is 41.3 Å². The maximum Gasteiger partial charge on any atom is 0.343 e. The molecule has 0 saturated heterocycles. The number of hydrogen-bond donors (Lipinski definition) is 3. The van der Waals surface area contributed by atoms with Gasteiger partial charge in [0.25, 0.3) is 5.91 Å². The number of ether oxygens (including phenoxy) is 2. The highest BCUT2D eigenvalue weighted by molar-refractivity contribution is 6.40. The number of benzene rings is 4. The standard InChI is InChI=1S/C31H26N4O6/c1-2-40-24-18-14-23(15-19-24)33-28(36)26-10-6-7-11-27(26)34-29(37)30(38)35-32-20-21-12-16-25(17-13-21)41-31(39)22-8-4-3-5-9-22/h3-20H,2H2,1H3,(H,33,36)(H,34,37)(H,35,38). The van der Waals surface area contributed by atoms with E-state index in [4.69, 9.17) is 9.47 Å². The van der Waals surface area contributed by atoms with Crippen molar-refractivity contribution in [3.63, 3.8) is 0 Å².